The smallest absolute Gasteiger partial charge is 0.327 e. The lowest BCUT2D eigenvalue weighted by Gasteiger charge is -2.04. The van der Waals surface area contributed by atoms with Crippen LogP contribution in [-0.2, 0) is 9.26 Å². The first-order valence-corrected chi connectivity index (χ1v) is 9.55. The highest BCUT2D eigenvalue weighted by atomic mass is 31.2. The summed E-state index contributed by atoms with van der Waals surface area (Å²) in [5.74, 6) is 0. The quantitative estimate of drug-likeness (QED) is 0.379. The van der Waals surface area contributed by atoms with Gasteiger partial charge >= 0.3 is 8.60 Å². The number of rotatable bonds is 9. The van der Waals surface area contributed by atoms with Crippen molar-refractivity contribution < 1.29 is 19.0 Å². The normalized spacial score (nSPS) is 10.7. The van der Waals surface area contributed by atoms with Crippen LogP contribution >= 0.6 is 8.60 Å². The zero-order valence-corrected chi connectivity index (χ0v) is 15.5. The van der Waals surface area contributed by atoms with E-state index >= 15 is 0 Å². The molecule has 5 heteroatoms. The molecule has 0 amide bonds. The predicted octanol–water partition coefficient (Wildman–Crippen LogP) is 4.89. The molecule has 0 spiro atoms. The molecule has 0 saturated heterocycles. The SMILES string of the molecule is C(=Cc1ccccc1)c1ccccc1.CCCCOCCOP(O)O. The van der Waals surface area contributed by atoms with Gasteiger partial charge in [0, 0.05) is 6.61 Å². The predicted molar refractivity (Wildman–Crippen MR) is 105 cm³/mol. The van der Waals surface area contributed by atoms with Gasteiger partial charge in [-0.15, -0.1) is 0 Å². The Balaban J connectivity index is 0.000000260. The average Bonchev–Trinajstić information content (AvgIpc) is 2.65. The second-order valence-corrected chi connectivity index (χ2v) is 5.97. The van der Waals surface area contributed by atoms with Gasteiger partial charge in [-0.2, -0.15) is 0 Å². The van der Waals surface area contributed by atoms with Crippen molar-refractivity contribution in [3.8, 4) is 0 Å². The van der Waals surface area contributed by atoms with Gasteiger partial charge < -0.3 is 19.0 Å². The van der Waals surface area contributed by atoms with E-state index in [2.05, 4.69) is 47.9 Å². The summed E-state index contributed by atoms with van der Waals surface area (Å²) in [6.45, 7) is 3.48. The van der Waals surface area contributed by atoms with E-state index in [-0.39, 0.29) is 6.61 Å². The van der Waals surface area contributed by atoms with Crippen LogP contribution < -0.4 is 0 Å². The Morgan fingerprint density at radius 1 is 0.800 bits per heavy atom. The van der Waals surface area contributed by atoms with Crippen LogP contribution in [0.1, 0.15) is 30.9 Å². The molecule has 2 N–H and O–H groups in total. The Bertz CT molecular complexity index is 517. The Morgan fingerprint density at radius 3 is 1.76 bits per heavy atom. The fourth-order valence-corrected chi connectivity index (χ4v) is 2.08. The highest BCUT2D eigenvalue weighted by Gasteiger charge is 1.97. The second-order valence-electron chi connectivity index (χ2n) is 5.21. The van der Waals surface area contributed by atoms with Crippen LogP contribution in [0.5, 0.6) is 0 Å². The largest absolute Gasteiger partial charge is 0.379 e. The fourth-order valence-electron chi connectivity index (χ4n) is 1.85. The second kappa shape index (κ2) is 14.8. The molecule has 2 rings (SSSR count). The fraction of sp³-hybridized carbons (Fsp3) is 0.300. The van der Waals surface area contributed by atoms with E-state index in [1.54, 1.807) is 0 Å². The third kappa shape index (κ3) is 12.5. The highest BCUT2D eigenvalue weighted by Crippen LogP contribution is 2.23. The first kappa shape index (κ1) is 21.5. The van der Waals surface area contributed by atoms with Crippen LogP contribution in [0.15, 0.2) is 60.7 Å². The minimum Gasteiger partial charge on any atom is -0.379 e. The Morgan fingerprint density at radius 2 is 1.32 bits per heavy atom. The lowest BCUT2D eigenvalue weighted by Crippen LogP contribution is -2.02. The van der Waals surface area contributed by atoms with Crippen molar-refractivity contribution in [2.45, 2.75) is 19.8 Å². The monoisotopic (exact) mass is 362 g/mol. The zero-order valence-electron chi connectivity index (χ0n) is 14.6. The molecule has 0 saturated carbocycles. The number of hydrogen-bond acceptors (Lipinski definition) is 4. The van der Waals surface area contributed by atoms with E-state index in [0.29, 0.717) is 13.2 Å². The molecule has 0 heterocycles. The van der Waals surface area contributed by atoms with Gasteiger partial charge in [-0.1, -0.05) is 86.2 Å². The molecular weight excluding hydrogens is 335 g/mol. The summed E-state index contributed by atoms with van der Waals surface area (Å²) in [6.07, 6.45) is 6.38. The molecule has 0 bridgehead atoms. The topological polar surface area (TPSA) is 58.9 Å². The summed E-state index contributed by atoms with van der Waals surface area (Å²) in [5.41, 5.74) is 2.47. The maximum absolute atomic E-state index is 8.30. The van der Waals surface area contributed by atoms with Gasteiger partial charge in [-0.3, -0.25) is 0 Å². The molecular formula is C20H27O4P. The first-order valence-electron chi connectivity index (χ1n) is 8.39. The molecule has 2 aromatic rings. The van der Waals surface area contributed by atoms with Gasteiger partial charge in [0.25, 0.3) is 0 Å². The molecule has 0 atom stereocenters. The van der Waals surface area contributed by atoms with Crippen LogP contribution in [-0.4, -0.2) is 29.6 Å². The van der Waals surface area contributed by atoms with Crippen LogP contribution in [0, 0.1) is 0 Å². The number of benzene rings is 2. The van der Waals surface area contributed by atoms with E-state index in [4.69, 9.17) is 14.5 Å². The van der Waals surface area contributed by atoms with E-state index in [9.17, 15) is 0 Å². The Hall–Kier alpha value is -1.55. The molecule has 0 aliphatic carbocycles. The molecule has 136 valence electrons. The minimum absolute atomic E-state index is 0.252. The van der Waals surface area contributed by atoms with Crippen LogP contribution in [0.4, 0.5) is 0 Å². The van der Waals surface area contributed by atoms with Crippen molar-refractivity contribution in [2.24, 2.45) is 0 Å². The van der Waals surface area contributed by atoms with Crippen molar-refractivity contribution in [1.82, 2.24) is 0 Å². The minimum atomic E-state index is -2.20. The molecule has 0 aromatic heterocycles. The highest BCUT2D eigenvalue weighted by molar-refractivity contribution is 7.39. The summed E-state index contributed by atoms with van der Waals surface area (Å²) >= 11 is 0. The van der Waals surface area contributed by atoms with Crippen molar-refractivity contribution in [1.29, 1.82) is 0 Å². The van der Waals surface area contributed by atoms with E-state index in [0.717, 1.165) is 12.8 Å². The Labute approximate surface area is 151 Å². The molecule has 4 nitrogen and oxygen atoms in total. The maximum Gasteiger partial charge on any atom is 0.327 e. The van der Waals surface area contributed by atoms with Gasteiger partial charge in [-0.25, -0.2) is 0 Å². The lowest BCUT2D eigenvalue weighted by molar-refractivity contribution is 0.0929. The summed E-state index contributed by atoms with van der Waals surface area (Å²) in [7, 11) is -2.20. The molecule has 0 fully saturated rings. The maximum atomic E-state index is 8.30. The van der Waals surface area contributed by atoms with Gasteiger partial charge in [0.15, 0.2) is 0 Å². The molecule has 0 aliphatic rings. The zero-order chi connectivity index (χ0) is 18.2. The van der Waals surface area contributed by atoms with Crippen LogP contribution in [0.25, 0.3) is 12.2 Å². The molecule has 0 unspecified atom stereocenters. The van der Waals surface area contributed by atoms with Crippen molar-refractivity contribution in [2.75, 3.05) is 19.8 Å². The van der Waals surface area contributed by atoms with Gasteiger partial charge in [-0.05, 0) is 17.5 Å². The number of ether oxygens (including phenoxy) is 1. The summed E-state index contributed by atoms with van der Waals surface area (Å²) in [6, 6.07) is 20.6. The van der Waals surface area contributed by atoms with Crippen LogP contribution in [0.2, 0.25) is 0 Å². The summed E-state index contributed by atoms with van der Waals surface area (Å²) < 4.78 is 9.56. The van der Waals surface area contributed by atoms with Crippen LogP contribution in [0.3, 0.4) is 0 Å². The van der Waals surface area contributed by atoms with Crippen molar-refractivity contribution >= 4 is 20.8 Å². The third-order valence-corrected chi connectivity index (χ3v) is 3.56. The van der Waals surface area contributed by atoms with E-state index in [1.807, 2.05) is 36.4 Å². The van der Waals surface area contributed by atoms with Crippen molar-refractivity contribution in [3.63, 3.8) is 0 Å². The standard InChI is InChI=1S/C14H12.C6H15O4P/c1-3-7-13(8-4-1)11-12-14-9-5-2-6-10-14;1-2-3-4-9-5-6-10-11(7)8/h1-12H;7-8H,2-6H2,1H3. The molecule has 2 aromatic carbocycles. The van der Waals surface area contributed by atoms with Gasteiger partial charge in [0.1, 0.15) is 0 Å². The van der Waals surface area contributed by atoms with Gasteiger partial charge in [0.2, 0.25) is 0 Å². The summed E-state index contributed by atoms with van der Waals surface area (Å²) in [4.78, 5) is 16.6. The van der Waals surface area contributed by atoms with E-state index in [1.165, 1.54) is 11.1 Å². The van der Waals surface area contributed by atoms with Gasteiger partial charge in [0.05, 0.1) is 13.2 Å². The third-order valence-electron chi connectivity index (χ3n) is 3.14. The molecule has 25 heavy (non-hydrogen) atoms. The lowest BCUT2D eigenvalue weighted by atomic mass is 10.1. The van der Waals surface area contributed by atoms with E-state index < -0.39 is 8.60 Å². The Kier molecular flexibility index (Phi) is 12.7. The first-order chi connectivity index (χ1) is 12.2. The average molecular weight is 362 g/mol. The molecule has 0 aliphatic heterocycles. The summed E-state index contributed by atoms with van der Waals surface area (Å²) in [5, 5.41) is 0. The molecule has 0 radical (unpaired) electrons. The number of hydrogen-bond donors (Lipinski definition) is 2. The van der Waals surface area contributed by atoms with Crippen molar-refractivity contribution in [3.05, 3.63) is 71.8 Å². The number of unbranched alkanes of at least 4 members (excludes halogenated alkanes) is 1.